The Balaban J connectivity index is 1.45. The van der Waals surface area contributed by atoms with Crippen LogP contribution in [-0.2, 0) is 0 Å². The third-order valence-electron chi connectivity index (χ3n) is 5.81. The summed E-state index contributed by atoms with van der Waals surface area (Å²) in [7, 11) is 1.60. The van der Waals surface area contributed by atoms with E-state index in [1.165, 1.54) is 16.2 Å². The molecule has 3 N–H and O–H groups in total. The van der Waals surface area contributed by atoms with Crippen LogP contribution in [0.1, 0.15) is 15.4 Å². The number of thiophene rings is 1. The first-order valence-electron chi connectivity index (χ1n) is 10.5. The number of pyridine rings is 1. The summed E-state index contributed by atoms with van der Waals surface area (Å²) in [4.78, 5) is 31.1. The highest BCUT2D eigenvalue weighted by Crippen LogP contribution is 2.34. The van der Waals surface area contributed by atoms with Gasteiger partial charge >= 0.3 is 6.03 Å². The van der Waals surface area contributed by atoms with Crippen molar-refractivity contribution in [1.29, 1.82) is 0 Å². The summed E-state index contributed by atoms with van der Waals surface area (Å²) in [5.74, 6) is -0.310. The highest BCUT2D eigenvalue weighted by atomic mass is 32.1. The Labute approximate surface area is 192 Å². The number of anilines is 2. The number of aliphatic hydroxyl groups excluding tert-OH is 1. The minimum atomic E-state index is -1.42. The Bertz CT molecular complexity index is 1390. The van der Waals surface area contributed by atoms with Crippen molar-refractivity contribution < 1.29 is 19.1 Å². The number of amides is 2. The first-order valence-corrected chi connectivity index (χ1v) is 11.3. The van der Waals surface area contributed by atoms with E-state index in [2.05, 4.69) is 15.6 Å². The van der Waals surface area contributed by atoms with Gasteiger partial charge in [0.1, 0.15) is 12.3 Å². The molecule has 1 saturated heterocycles. The second-order valence-corrected chi connectivity index (χ2v) is 9.10. The van der Waals surface area contributed by atoms with E-state index in [0.29, 0.717) is 10.4 Å². The molecule has 1 aromatic carbocycles. The Morgan fingerprint density at radius 1 is 1.21 bits per heavy atom. The third kappa shape index (κ3) is 3.70. The van der Waals surface area contributed by atoms with Gasteiger partial charge in [0.2, 0.25) is 0 Å². The van der Waals surface area contributed by atoms with Gasteiger partial charge in [-0.2, -0.15) is 0 Å². The van der Waals surface area contributed by atoms with Gasteiger partial charge in [-0.25, -0.2) is 9.18 Å². The molecule has 0 saturated carbocycles. The summed E-state index contributed by atoms with van der Waals surface area (Å²) >= 11 is 1.28. The van der Waals surface area contributed by atoms with Crippen molar-refractivity contribution in [3.8, 4) is 0 Å². The maximum absolute atomic E-state index is 13.7. The molecule has 0 bridgehead atoms. The number of nitrogens with zero attached hydrogens (tertiary/aromatic N) is 3. The number of hydrogen-bond donors (Lipinski definition) is 3. The average molecular weight is 468 g/mol. The van der Waals surface area contributed by atoms with Crippen LogP contribution in [0.5, 0.6) is 0 Å². The normalized spacial score (nSPS) is 18.2. The van der Waals surface area contributed by atoms with Crippen LogP contribution in [0.4, 0.5) is 20.6 Å². The number of carbonyl (C=O) groups excluding carboxylic acids is 2. The summed E-state index contributed by atoms with van der Waals surface area (Å²) in [6.07, 6.45) is -0.904. The molecular weight excluding hydrogens is 445 g/mol. The van der Waals surface area contributed by atoms with Crippen molar-refractivity contribution in [3.05, 3.63) is 53.2 Å². The molecule has 33 heavy (non-hydrogen) atoms. The molecule has 8 nitrogen and oxygen atoms in total. The second kappa shape index (κ2) is 8.13. The predicted octanol–water partition coefficient (Wildman–Crippen LogP) is 3.65. The molecule has 1 aliphatic heterocycles. The van der Waals surface area contributed by atoms with Gasteiger partial charge in [-0.05, 0) is 43.3 Å². The number of aryl methyl sites for hydroxylation is 1. The highest BCUT2D eigenvalue weighted by Gasteiger charge is 2.35. The largest absolute Gasteiger partial charge is 0.388 e. The fraction of sp³-hybridized carbons (Fsp3) is 0.261. The molecule has 0 radical (unpaired) electrons. The number of aromatic nitrogens is 2. The zero-order valence-corrected chi connectivity index (χ0v) is 18.8. The quantitative estimate of drug-likeness (QED) is 0.427. The van der Waals surface area contributed by atoms with Crippen LogP contribution in [0.15, 0.2) is 42.6 Å². The van der Waals surface area contributed by atoms with E-state index in [9.17, 15) is 19.1 Å². The smallest absolute Gasteiger partial charge is 0.325 e. The number of benzene rings is 1. The summed E-state index contributed by atoms with van der Waals surface area (Å²) < 4.78 is 16.1. The van der Waals surface area contributed by atoms with E-state index in [0.717, 1.165) is 32.7 Å². The number of carbonyl (C=O) groups is 2. The first-order chi connectivity index (χ1) is 15.9. The number of likely N-dealkylation sites (tertiary alicyclic amines) is 1. The molecule has 2 amide bonds. The van der Waals surface area contributed by atoms with Crippen LogP contribution in [0.25, 0.3) is 21.1 Å². The van der Waals surface area contributed by atoms with E-state index < -0.39 is 12.3 Å². The van der Waals surface area contributed by atoms with Crippen LogP contribution in [0.3, 0.4) is 0 Å². The maximum Gasteiger partial charge on any atom is 0.325 e. The molecule has 1 fully saturated rings. The standard InChI is InChI=1S/C23H22FN5O3S/c1-12-7-13-8-14(3-4-18(13)29(12)23(32)25-2)27-16-5-6-26-17-9-20(33-21(16)17)22(31)28-10-15(24)19(30)11-28/h3-9,15,19,30H,10-11H2,1-2H3,(H,25,32)(H,26,27). The summed E-state index contributed by atoms with van der Waals surface area (Å²) in [5.41, 5.74) is 3.91. The zero-order valence-electron chi connectivity index (χ0n) is 18.0. The fourth-order valence-electron chi connectivity index (χ4n) is 4.18. The fourth-order valence-corrected chi connectivity index (χ4v) is 5.23. The number of rotatable bonds is 3. The number of halogens is 1. The van der Waals surface area contributed by atoms with Crippen molar-refractivity contribution >= 4 is 55.8 Å². The monoisotopic (exact) mass is 467 g/mol. The lowest BCUT2D eigenvalue weighted by Gasteiger charge is -2.13. The Morgan fingerprint density at radius 2 is 2.03 bits per heavy atom. The van der Waals surface area contributed by atoms with Gasteiger partial charge in [-0.1, -0.05) is 0 Å². The molecule has 4 aromatic rings. The lowest BCUT2D eigenvalue weighted by molar-refractivity contribution is 0.0769. The Kier molecular flexibility index (Phi) is 5.26. The molecule has 5 rings (SSSR count). The van der Waals surface area contributed by atoms with E-state index in [-0.39, 0.29) is 25.0 Å². The van der Waals surface area contributed by atoms with Crippen LogP contribution in [-0.4, -0.2) is 63.9 Å². The number of hydrogen-bond acceptors (Lipinski definition) is 6. The third-order valence-corrected chi connectivity index (χ3v) is 6.96. The minimum Gasteiger partial charge on any atom is -0.388 e. The topological polar surface area (TPSA) is 99.5 Å². The van der Waals surface area contributed by atoms with Crippen LogP contribution >= 0.6 is 11.3 Å². The summed E-state index contributed by atoms with van der Waals surface area (Å²) in [5, 5.41) is 16.6. The summed E-state index contributed by atoms with van der Waals surface area (Å²) in [6, 6.07) is 11.0. The Hall–Kier alpha value is -3.50. The SMILES string of the molecule is CNC(=O)n1c(C)cc2cc(Nc3ccnc4cc(C(=O)N5CC(O)C(F)C5)sc34)ccc21. The van der Waals surface area contributed by atoms with Crippen molar-refractivity contribution in [2.45, 2.75) is 19.2 Å². The number of aliphatic hydroxyl groups is 1. The molecule has 1 aliphatic rings. The van der Waals surface area contributed by atoms with Gasteiger partial charge in [0, 0.05) is 36.6 Å². The van der Waals surface area contributed by atoms with Gasteiger partial charge < -0.3 is 20.6 Å². The Morgan fingerprint density at radius 3 is 2.76 bits per heavy atom. The first kappa shape index (κ1) is 21.4. The van der Waals surface area contributed by atoms with E-state index >= 15 is 0 Å². The molecule has 170 valence electrons. The van der Waals surface area contributed by atoms with Gasteiger partial charge in [-0.3, -0.25) is 14.3 Å². The molecule has 10 heteroatoms. The van der Waals surface area contributed by atoms with Crippen molar-refractivity contribution in [1.82, 2.24) is 19.8 Å². The van der Waals surface area contributed by atoms with Gasteiger partial charge in [0.25, 0.3) is 5.91 Å². The predicted molar refractivity (Wildman–Crippen MR) is 126 cm³/mol. The lowest BCUT2D eigenvalue weighted by Crippen LogP contribution is -2.28. The summed E-state index contributed by atoms with van der Waals surface area (Å²) in [6.45, 7) is 1.76. The molecule has 0 aliphatic carbocycles. The minimum absolute atomic E-state index is 0.0120. The molecule has 4 heterocycles. The van der Waals surface area contributed by atoms with Crippen molar-refractivity contribution in [2.24, 2.45) is 0 Å². The maximum atomic E-state index is 13.7. The van der Waals surface area contributed by atoms with Crippen LogP contribution in [0, 0.1) is 6.92 Å². The molecular formula is C23H22FN5O3S. The van der Waals surface area contributed by atoms with Crippen molar-refractivity contribution in [3.63, 3.8) is 0 Å². The number of nitrogens with one attached hydrogen (secondary N) is 2. The molecule has 0 spiro atoms. The number of β-amino-alcohol motifs (C(OH)–C–C–N with tert-alkyl or cyclic N) is 1. The van der Waals surface area contributed by atoms with E-state index in [1.54, 1.807) is 23.9 Å². The van der Waals surface area contributed by atoms with Gasteiger partial charge in [-0.15, -0.1) is 11.3 Å². The molecule has 2 unspecified atom stereocenters. The van der Waals surface area contributed by atoms with E-state index in [4.69, 9.17) is 0 Å². The van der Waals surface area contributed by atoms with Crippen molar-refractivity contribution in [2.75, 3.05) is 25.5 Å². The second-order valence-electron chi connectivity index (χ2n) is 8.05. The highest BCUT2D eigenvalue weighted by molar-refractivity contribution is 7.21. The number of alkyl halides is 1. The van der Waals surface area contributed by atoms with Crippen LogP contribution < -0.4 is 10.6 Å². The van der Waals surface area contributed by atoms with Crippen LogP contribution in [0.2, 0.25) is 0 Å². The van der Waals surface area contributed by atoms with Gasteiger partial charge in [0.05, 0.1) is 32.8 Å². The molecule has 2 atom stereocenters. The zero-order chi connectivity index (χ0) is 23.3. The number of fused-ring (bicyclic) bond motifs is 2. The lowest BCUT2D eigenvalue weighted by atomic mass is 10.2. The van der Waals surface area contributed by atoms with E-state index in [1.807, 2.05) is 37.3 Å². The van der Waals surface area contributed by atoms with Gasteiger partial charge in [0.15, 0.2) is 0 Å². The molecule has 3 aromatic heterocycles. The average Bonchev–Trinajstić information content (AvgIpc) is 3.47.